The largest absolute Gasteiger partial charge is 0.469 e. The molecule has 3 heteroatoms. The molecule has 2 heterocycles. The monoisotopic (exact) mass is 283 g/mol. The van der Waals surface area contributed by atoms with E-state index in [1.165, 1.54) is 0 Å². The fourth-order valence-electron chi connectivity index (χ4n) is 2.99. The van der Waals surface area contributed by atoms with E-state index in [9.17, 15) is 4.79 Å². The van der Waals surface area contributed by atoms with Crippen LogP contribution >= 0.6 is 0 Å². The van der Waals surface area contributed by atoms with Crippen molar-refractivity contribution in [2.45, 2.75) is 38.6 Å². The standard InChI is InChI=1S/C18H21NO2/c1-18(2,15-7-4-3-5-8-15)17(20)19-11-6-9-16-14(13-19)10-12-21-16/h3-5,7-8,10,12H,6,9,11,13H2,1-2H3. The molecule has 2 aromatic rings. The first-order valence-corrected chi connectivity index (χ1v) is 7.49. The molecule has 0 atom stereocenters. The van der Waals surface area contributed by atoms with Crippen LogP contribution in [-0.4, -0.2) is 17.4 Å². The van der Waals surface area contributed by atoms with Crippen LogP contribution in [-0.2, 0) is 23.2 Å². The molecule has 3 rings (SSSR count). The Balaban J connectivity index is 1.85. The van der Waals surface area contributed by atoms with Crippen LogP contribution < -0.4 is 0 Å². The highest BCUT2D eigenvalue weighted by Gasteiger charge is 2.34. The van der Waals surface area contributed by atoms with Crippen molar-refractivity contribution in [3.05, 3.63) is 59.5 Å². The molecule has 0 bridgehead atoms. The minimum absolute atomic E-state index is 0.183. The third-order valence-electron chi connectivity index (χ3n) is 4.35. The Kier molecular flexibility index (Phi) is 3.58. The maximum absolute atomic E-state index is 13.0. The second-order valence-electron chi connectivity index (χ2n) is 6.19. The number of amides is 1. The Labute approximate surface area is 125 Å². The number of fused-ring (bicyclic) bond motifs is 1. The molecular formula is C18H21NO2. The predicted molar refractivity (Wildman–Crippen MR) is 81.9 cm³/mol. The highest BCUT2D eigenvalue weighted by atomic mass is 16.3. The number of carbonyl (C=O) groups excluding carboxylic acids is 1. The van der Waals surface area contributed by atoms with Crippen molar-refractivity contribution in [1.29, 1.82) is 0 Å². The lowest BCUT2D eigenvalue weighted by atomic mass is 9.83. The Morgan fingerprint density at radius 3 is 2.71 bits per heavy atom. The fraction of sp³-hybridized carbons (Fsp3) is 0.389. The summed E-state index contributed by atoms with van der Waals surface area (Å²) in [4.78, 5) is 15.0. The number of benzene rings is 1. The lowest BCUT2D eigenvalue weighted by Gasteiger charge is -2.31. The SMILES string of the molecule is CC(C)(C(=O)N1CCCc2occc2C1)c1ccccc1. The second kappa shape index (κ2) is 5.40. The average Bonchev–Trinajstić information content (AvgIpc) is 2.84. The zero-order chi connectivity index (χ0) is 14.9. The van der Waals surface area contributed by atoms with E-state index < -0.39 is 5.41 Å². The number of nitrogens with zero attached hydrogens (tertiary/aromatic N) is 1. The smallest absolute Gasteiger partial charge is 0.232 e. The van der Waals surface area contributed by atoms with Crippen molar-refractivity contribution in [1.82, 2.24) is 4.90 Å². The van der Waals surface area contributed by atoms with Gasteiger partial charge in [-0.15, -0.1) is 0 Å². The van der Waals surface area contributed by atoms with Gasteiger partial charge in [-0.1, -0.05) is 30.3 Å². The van der Waals surface area contributed by atoms with Crippen molar-refractivity contribution in [3.8, 4) is 0 Å². The van der Waals surface area contributed by atoms with Gasteiger partial charge in [0.25, 0.3) is 0 Å². The lowest BCUT2D eigenvalue weighted by molar-refractivity contribution is -0.136. The summed E-state index contributed by atoms with van der Waals surface area (Å²) in [6.45, 7) is 5.46. The van der Waals surface area contributed by atoms with Gasteiger partial charge in [0.1, 0.15) is 5.76 Å². The van der Waals surface area contributed by atoms with E-state index in [0.29, 0.717) is 6.54 Å². The number of hydrogen-bond donors (Lipinski definition) is 0. The van der Waals surface area contributed by atoms with E-state index >= 15 is 0 Å². The van der Waals surface area contributed by atoms with Gasteiger partial charge in [0.2, 0.25) is 5.91 Å². The Hall–Kier alpha value is -2.03. The molecule has 0 spiro atoms. The van der Waals surface area contributed by atoms with Gasteiger partial charge in [0, 0.05) is 25.1 Å². The van der Waals surface area contributed by atoms with Gasteiger partial charge in [-0.25, -0.2) is 0 Å². The van der Waals surface area contributed by atoms with Crippen LogP contribution in [0.25, 0.3) is 0 Å². The van der Waals surface area contributed by atoms with Gasteiger partial charge in [0.15, 0.2) is 0 Å². The molecule has 1 amide bonds. The molecule has 1 aliphatic heterocycles. The average molecular weight is 283 g/mol. The molecule has 1 aliphatic rings. The topological polar surface area (TPSA) is 33.5 Å². The molecular weight excluding hydrogens is 262 g/mol. The van der Waals surface area contributed by atoms with Crippen LogP contribution in [0.5, 0.6) is 0 Å². The summed E-state index contributed by atoms with van der Waals surface area (Å²) in [6, 6.07) is 12.0. The highest BCUT2D eigenvalue weighted by molar-refractivity contribution is 5.87. The van der Waals surface area contributed by atoms with E-state index in [-0.39, 0.29) is 5.91 Å². The summed E-state index contributed by atoms with van der Waals surface area (Å²) in [5.74, 6) is 1.21. The zero-order valence-corrected chi connectivity index (χ0v) is 12.6. The summed E-state index contributed by atoms with van der Waals surface area (Å²) in [5, 5.41) is 0. The van der Waals surface area contributed by atoms with E-state index in [0.717, 1.165) is 36.3 Å². The molecule has 1 aromatic heterocycles. The highest BCUT2D eigenvalue weighted by Crippen LogP contribution is 2.28. The van der Waals surface area contributed by atoms with Gasteiger partial charge in [-0.2, -0.15) is 0 Å². The molecule has 0 radical (unpaired) electrons. The van der Waals surface area contributed by atoms with Gasteiger partial charge in [-0.3, -0.25) is 4.79 Å². The zero-order valence-electron chi connectivity index (χ0n) is 12.6. The number of aryl methyl sites for hydroxylation is 1. The third kappa shape index (κ3) is 2.60. The Morgan fingerprint density at radius 2 is 1.95 bits per heavy atom. The van der Waals surface area contributed by atoms with Gasteiger partial charge in [0.05, 0.1) is 11.7 Å². The molecule has 0 fully saturated rings. The van der Waals surface area contributed by atoms with Gasteiger partial charge >= 0.3 is 0 Å². The van der Waals surface area contributed by atoms with Crippen molar-refractivity contribution in [2.24, 2.45) is 0 Å². The molecule has 3 nitrogen and oxygen atoms in total. The fourth-order valence-corrected chi connectivity index (χ4v) is 2.99. The first-order valence-electron chi connectivity index (χ1n) is 7.49. The van der Waals surface area contributed by atoms with Crippen molar-refractivity contribution >= 4 is 5.91 Å². The van der Waals surface area contributed by atoms with Crippen LogP contribution in [0.4, 0.5) is 0 Å². The van der Waals surface area contributed by atoms with Crippen LogP contribution in [0.15, 0.2) is 47.1 Å². The summed E-state index contributed by atoms with van der Waals surface area (Å²) < 4.78 is 5.50. The van der Waals surface area contributed by atoms with Crippen LogP contribution in [0.3, 0.4) is 0 Å². The van der Waals surface area contributed by atoms with Crippen LogP contribution in [0.2, 0.25) is 0 Å². The second-order valence-corrected chi connectivity index (χ2v) is 6.19. The number of hydrogen-bond acceptors (Lipinski definition) is 2. The van der Waals surface area contributed by atoms with E-state index in [1.54, 1.807) is 6.26 Å². The van der Waals surface area contributed by atoms with Gasteiger partial charge < -0.3 is 9.32 Å². The molecule has 0 aliphatic carbocycles. The lowest BCUT2D eigenvalue weighted by Crippen LogP contribution is -2.43. The van der Waals surface area contributed by atoms with Crippen LogP contribution in [0, 0.1) is 0 Å². The maximum Gasteiger partial charge on any atom is 0.232 e. The Morgan fingerprint density at radius 1 is 1.19 bits per heavy atom. The van der Waals surface area contributed by atoms with E-state index in [1.807, 2.05) is 55.1 Å². The van der Waals surface area contributed by atoms with Gasteiger partial charge in [-0.05, 0) is 31.9 Å². The first kappa shape index (κ1) is 13.9. The number of furan rings is 1. The number of carbonyl (C=O) groups is 1. The number of rotatable bonds is 2. The molecule has 110 valence electrons. The summed E-state index contributed by atoms with van der Waals surface area (Å²) in [6.07, 6.45) is 3.59. The van der Waals surface area contributed by atoms with Crippen LogP contribution in [0.1, 0.15) is 37.2 Å². The molecule has 21 heavy (non-hydrogen) atoms. The van der Waals surface area contributed by atoms with E-state index in [2.05, 4.69) is 0 Å². The van der Waals surface area contributed by atoms with Crippen molar-refractivity contribution < 1.29 is 9.21 Å². The molecule has 0 unspecified atom stereocenters. The quantitative estimate of drug-likeness (QED) is 0.844. The summed E-state index contributed by atoms with van der Waals surface area (Å²) in [5.41, 5.74) is 1.70. The molecule has 1 aromatic carbocycles. The third-order valence-corrected chi connectivity index (χ3v) is 4.35. The molecule has 0 saturated carbocycles. The molecule has 0 saturated heterocycles. The predicted octanol–water partition coefficient (Wildman–Crippen LogP) is 3.53. The molecule has 0 N–H and O–H groups in total. The summed E-state index contributed by atoms with van der Waals surface area (Å²) >= 11 is 0. The minimum atomic E-state index is -0.504. The van der Waals surface area contributed by atoms with E-state index in [4.69, 9.17) is 4.42 Å². The maximum atomic E-state index is 13.0. The Bertz CT molecular complexity index is 628. The minimum Gasteiger partial charge on any atom is -0.469 e. The first-order chi connectivity index (χ1) is 10.1. The van der Waals surface area contributed by atoms with Crippen molar-refractivity contribution in [2.75, 3.05) is 6.54 Å². The summed E-state index contributed by atoms with van der Waals surface area (Å²) in [7, 11) is 0. The normalized spacial score (nSPS) is 15.4. The van der Waals surface area contributed by atoms with Crippen molar-refractivity contribution in [3.63, 3.8) is 0 Å².